The Morgan fingerprint density at radius 3 is 1.72 bits per heavy atom. The van der Waals surface area contributed by atoms with Crippen LogP contribution in [0.3, 0.4) is 0 Å². The monoisotopic (exact) mass is 711 g/mol. The summed E-state index contributed by atoms with van der Waals surface area (Å²) in [4.78, 5) is 5.17. The first-order valence-electron chi connectivity index (χ1n) is 18.0. The van der Waals surface area contributed by atoms with Crippen molar-refractivity contribution in [3.8, 4) is 11.1 Å². The average Bonchev–Trinajstić information content (AvgIpc) is 3.63. The van der Waals surface area contributed by atoms with E-state index in [4.69, 9.17) is 17.2 Å². The summed E-state index contributed by atoms with van der Waals surface area (Å²) < 4.78 is 2.32. The van der Waals surface area contributed by atoms with Gasteiger partial charge in [0.15, 0.2) is 6.46 Å². The molecule has 0 aliphatic carbocycles. The predicted molar refractivity (Wildman–Crippen MR) is 233 cm³/mol. The zero-order valence-corrected chi connectivity index (χ0v) is 30.5. The number of hydrogen-bond acceptors (Lipinski definition) is 2. The molecule has 0 atom stereocenters. The Labute approximate surface area is 312 Å². The lowest BCUT2D eigenvalue weighted by molar-refractivity contribution is 1.31. The van der Waals surface area contributed by atoms with Gasteiger partial charge < -0.3 is 0 Å². The third kappa shape index (κ3) is 4.68. The molecule has 2 nitrogen and oxygen atoms in total. The van der Waals surface area contributed by atoms with Crippen molar-refractivity contribution in [3.63, 3.8) is 0 Å². The first-order valence-corrected chi connectivity index (χ1v) is 20.9. The minimum Gasteiger partial charge on any atom is -0.292 e. The molecule has 0 N–H and O–H groups in total. The minimum absolute atomic E-state index is 0.986. The van der Waals surface area contributed by atoms with Gasteiger partial charge >= 0.3 is 0 Å². The number of thiol groups is 1. The molecule has 0 amide bonds. The van der Waals surface area contributed by atoms with E-state index in [1.807, 2.05) is 0 Å². The van der Waals surface area contributed by atoms with Crippen LogP contribution < -0.4 is 15.9 Å². The molecule has 2 heterocycles. The molecular weight excluding hydrogens is 680 g/mol. The fourth-order valence-electron chi connectivity index (χ4n) is 8.40. The van der Waals surface area contributed by atoms with Crippen molar-refractivity contribution in [1.82, 2.24) is 9.38 Å². The lowest BCUT2D eigenvalue weighted by atomic mass is 9.97. The van der Waals surface area contributed by atoms with E-state index in [9.17, 15) is 0 Å². The molecule has 0 radical (unpaired) electrons. The standard InChI is InChI=1S/C49H32N2PS/c53-52(39-24-20-32-10-1-3-12-34(32)29-39,40-25-21-33-11-2-4-13-35(33)30-40)48-19-9-14-38-28-36(22-26-41(38)48)37-23-27-42-43-15-5-7-17-46(43)51-47-18-8-6-16-45(47)50-49(51)44(42)31-37/h1-31,53H/q+1. The molecule has 9 aromatic carbocycles. The summed E-state index contributed by atoms with van der Waals surface area (Å²) in [6, 6.07) is 68.7. The Morgan fingerprint density at radius 1 is 0.396 bits per heavy atom. The lowest BCUT2D eigenvalue weighted by Gasteiger charge is -2.23. The fourth-order valence-corrected chi connectivity index (χ4v) is 12.6. The largest absolute Gasteiger partial charge is 0.292 e. The second-order valence-electron chi connectivity index (χ2n) is 13.9. The summed E-state index contributed by atoms with van der Waals surface area (Å²) in [6.45, 7) is -2.38. The Balaban J connectivity index is 1.12. The van der Waals surface area contributed by atoms with Crippen LogP contribution in [-0.4, -0.2) is 9.38 Å². The zero-order chi connectivity index (χ0) is 35.1. The SMILES string of the molecule is S[P+](c1ccc2ccccc2c1)(c1ccc2ccccc2c1)c1cccc2cc(-c3ccc4c5ccccc5n5c6ccccc6nc5c4c3)ccc12. The van der Waals surface area contributed by atoms with E-state index in [-0.39, 0.29) is 0 Å². The number of pyridine rings is 1. The van der Waals surface area contributed by atoms with E-state index in [2.05, 4.69) is 192 Å². The van der Waals surface area contributed by atoms with Crippen molar-refractivity contribution < 1.29 is 0 Å². The second kappa shape index (κ2) is 11.8. The quantitative estimate of drug-likeness (QED) is 0.109. The second-order valence-corrected chi connectivity index (χ2v) is 18.5. The average molecular weight is 712 g/mol. The van der Waals surface area contributed by atoms with Crippen LogP contribution >= 0.6 is 18.7 Å². The van der Waals surface area contributed by atoms with Gasteiger partial charge in [0, 0.05) is 28.4 Å². The van der Waals surface area contributed by atoms with Crippen LogP contribution in [0.1, 0.15) is 0 Å². The summed E-state index contributed by atoms with van der Waals surface area (Å²) in [7, 11) is 0. The van der Waals surface area contributed by atoms with E-state index >= 15 is 0 Å². The van der Waals surface area contributed by atoms with Crippen LogP contribution in [0.5, 0.6) is 0 Å². The van der Waals surface area contributed by atoms with Gasteiger partial charge in [0.1, 0.15) is 21.6 Å². The number of aromatic nitrogens is 2. The van der Waals surface area contributed by atoms with Gasteiger partial charge in [-0.2, -0.15) is 0 Å². The van der Waals surface area contributed by atoms with Gasteiger partial charge in [-0.05, 0) is 110 Å². The number of nitrogens with zero attached hydrogens (tertiary/aromatic N) is 2. The fraction of sp³-hybridized carbons (Fsp3) is 0. The number of rotatable bonds is 4. The highest BCUT2D eigenvalue weighted by atomic mass is 32.7. The maximum Gasteiger partial charge on any atom is 0.168 e. The van der Waals surface area contributed by atoms with Crippen LogP contribution in [-0.2, 0) is 0 Å². The smallest absolute Gasteiger partial charge is 0.168 e. The van der Waals surface area contributed by atoms with E-state index in [0.29, 0.717) is 0 Å². The number of benzene rings is 9. The van der Waals surface area contributed by atoms with E-state index in [1.165, 1.54) is 75.6 Å². The van der Waals surface area contributed by atoms with Crippen molar-refractivity contribution >= 4 is 105 Å². The van der Waals surface area contributed by atoms with Gasteiger partial charge in [0.2, 0.25) is 0 Å². The van der Waals surface area contributed by atoms with Gasteiger partial charge in [-0.1, -0.05) is 121 Å². The molecule has 53 heavy (non-hydrogen) atoms. The summed E-state index contributed by atoms with van der Waals surface area (Å²) in [5, 5.41) is 14.7. The van der Waals surface area contributed by atoms with Crippen molar-refractivity contribution in [2.45, 2.75) is 0 Å². The van der Waals surface area contributed by atoms with Crippen LogP contribution in [0.15, 0.2) is 188 Å². The van der Waals surface area contributed by atoms with Crippen LogP contribution in [0.4, 0.5) is 0 Å². The van der Waals surface area contributed by atoms with Crippen LogP contribution in [0.25, 0.3) is 81.8 Å². The lowest BCUT2D eigenvalue weighted by Crippen LogP contribution is -2.28. The van der Waals surface area contributed by atoms with Gasteiger partial charge in [0.25, 0.3) is 0 Å². The molecule has 0 saturated carbocycles. The highest BCUT2D eigenvalue weighted by molar-refractivity contribution is 8.61. The molecule has 0 aliphatic heterocycles. The van der Waals surface area contributed by atoms with Crippen molar-refractivity contribution in [2.75, 3.05) is 0 Å². The number of para-hydroxylation sites is 3. The van der Waals surface area contributed by atoms with Crippen LogP contribution in [0, 0.1) is 0 Å². The summed E-state index contributed by atoms with van der Waals surface area (Å²) in [5.41, 5.74) is 6.64. The Bertz CT molecular complexity index is 3190. The topological polar surface area (TPSA) is 17.3 Å². The van der Waals surface area contributed by atoms with Gasteiger partial charge in [-0.25, -0.2) is 4.98 Å². The molecule has 0 spiro atoms. The maximum absolute atomic E-state index is 5.84. The first-order chi connectivity index (χ1) is 26.1. The molecule has 0 unspecified atom stereocenters. The predicted octanol–water partition coefficient (Wildman–Crippen LogP) is 12.1. The Kier molecular flexibility index (Phi) is 6.80. The third-order valence-corrected chi connectivity index (χ3v) is 16.2. The van der Waals surface area contributed by atoms with E-state index in [0.717, 1.165) is 22.1 Å². The molecule has 4 heteroatoms. The molecular formula is C49H32N2PS+. The highest BCUT2D eigenvalue weighted by Gasteiger charge is 2.44. The maximum atomic E-state index is 5.84. The first kappa shape index (κ1) is 30.6. The molecule has 2 aromatic heterocycles. The Morgan fingerprint density at radius 2 is 0.981 bits per heavy atom. The molecule has 11 rings (SSSR count). The van der Waals surface area contributed by atoms with Gasteiger partial charge in [-0.15, -0.1) is 0 Å². The summed E-state index contributed by atoms with van der Waals surface area (Å²) in [5.74, 6) is 0. The normalized spacial score (nSPS) is 12.2. The van der Waals surface area contributed by atoms with Crippen molar-refractivity contribution in [1.29, 1.82) is 0 Å². The Hall–Kier alpha value is -5.99. The van der Waals surface area contributed by atoms with E-state index < -0.39 is 6.46 Å². The van der Waals surface area contributed by atoms with Crippen molar-refractivity contribution in [2.24, 2.45) is 0 Å². The summed E-state index contributed by atoms with van der Waals surface area (Å²) >= 11 is 5.84. The van der Waals surface area contributed by atoms with Gasteiger partial charge in [0.05, 0.1) is 16.6 Å². The number of imidazole rings is 1. The molecule has 0 saturated heterocycles. The van der Waals surface area contributed by atoms with E-state index in [1.54, 1.807) is 0 Å². The number of hydrogen-bond donors (Lipinski definition) is 1. The zero-order valence-electron chi connectivity index (χ0n) is 28.7. The highest BCUT2D eigenvalue weighted by Crippen LogP contribution is 2.61. The summed E-state index contributed by atoms with van der Waals surface area (Å²) in [6.07, 6.45) is 0. The van der Waals surface area contributed by atoms with Gasteiger partial charge in [-0.3, -0.25) is 4.40 Å². The van der Waals surface area contributed by atoms with Crippen LogP contribution in [0.2, 0.25) is 0 Å². The van der Waals surface area contributed by atoms with Crippen molar-refractivity contribution in [3.05, 3.63) is 188 Å². The third-order valence-electron chi connectivity index (χ3n) is 11.0. The molecule has 0 bridgehead atoms. The molecule has 248 valence electrons. The molecule has 11 aromatic rings. The number of fused-ring (bicyclic) bond motifs is 11. The molecule has 0 fully saturated rings. The molecule has 0 aliphatic rings. The minimum atomic E-state index is -2.38.